The summed E-state index contributed by atoms with van der Waals surface area (Å²) in [6.07, 6.45) is 20.7. The number of amides is 2. The van der Waals surface area contributed by atoms with E-state index in [-0.39, 0.29) is 11.8 Å². The van der Waals surface area contributed by atoms with Gasteiger partial charge in [0, 0.05) is 19.4 Å². The van der Waals surface area contributed by atoms with Gasteiger partial charge in [-0.3, -0.25) is 14.5 Å². The molecule has 0 saturated carbocycles. The fourth-order valence-electron chi connectivity index (χ4n) is 3.06. The van der Waals surface area contributed by atoms with Crippen LogP contribution in [0.25, 0.3) is 0 Å². The molecule has 1 fully saturated rings. The molecule has 3 nitrogen and oxygen atoms in total. The third-order valence-corrected chi connectivity index (χ3v) is 4.57. The average molecular weight is 322 g/mol. The van der Waals surface area contributed by atoms with Crippen LogP contribution in [0.4, 0.5) is 0 Å². The summed E-state index contributed by atoms with van der Waals surface area (Å²) in [5.41, 5.74) is 0. The maximum Gasteiger partial charge on any atom is 0.229 e. The molecular weight excluding hydrogens is 286 g/mol. The zero-order valence-corrected chi connectivity index (χ0v) is 15.0. The zero-order valence-electron chi connectivity index (χ0n) is 15.0. The molecule has 0 aromatic heterocycles. The van der Waals surface area contributed by atoms with Gasteiger partial charge in [-0.25, -0.2) is 0 Å². The van der Waals surface area contributed by atoms with E-state index in [2.05, 4.69) is 19.1 Å². The van der Waals surface area contributed by atoms with E-state index in [4.69, 9.17) is 0 Å². The minimum atomic E-state index is -0.00176. The van der Waals surface area contributed by atoms with E-state index in [9.17, 15) is 9.59 Å². The fraction of sp³-hybridized carbons (Fsp3) is 0.800. The maximum atomic E-state index is 11.4. The topological polar surface area (TPSA) is 37.4 Å². The molecule has 0 aromatic rings. The first kappa shape index (κ1) is 19.9. The highest BCUT2D eigenvalue weighted by atomic mass is 16.2. The van der Waals surface area contributed by atoms with Crippen molar-refractivity contribution in [2.24, 2.45) is 0 Å². The van der Waals surface area contributed by atoms with Gasteiger partial charge in [-0.2, -0.15) is 0 Å². The SMILES string of the molecule is CCCCCCCCCCCC/C=C/CCN1C(=O)CCC1=O. The van der Waals surface area contributed by atoms with Gasteiger partial charge in [-0.05, 0) is 19.3 Å². The lowest BCUT2D eigenvalue weighted by Crippen LogP contribution is -2.29. The van der Waals surface area contributed by atoms with Gasteiger partial charge in [0.15, 0.2) is 0 Å². The molecule has 3 heteroatoms. The molecule has 1 saturated heterocycles. The molecule has 0 aromatic carbocycles. The summed E-state index contributed by atoms with van der Waals surface area (Å²) in [6, 6.07) is 0. The van der Waals surface area contributed by atoms with Crippen molar-refractivity contribution < 1.29 is 9.59 Å². The zero-order chi connectivity index (χ0) is 16.8. The van der Waals surface area contributed by atoms with Gasteiger partial charge in [0.1, 0.15) is 0 Å². The normalized spacial score (nSPS) is 15.3. The second kappa shape index (κ2) is 13.3. The van der Waals surface area contributed by atoms with Crippen molar-refractivity contribution in [1.29, 1.82) is 0 Å². The van der Waals surface area contributed by atoms with Crippen molar-refractivity contribution in [2.75, 3.05) is 6.54 Å². The largest absolute Gasteiger partial charge is 0.282 e. The van der Waals surface area contributed by atoms with Crippen LogP contribution in [0.2, 0.25) is 0 Å². The summed E-state index contributed by atoms with van der Waals surface area (Å²) < 4.78 is 0. The van der Waals surface area contributed by atoms with E-state index in [0.29, 0.717) is 19.4 Å². The lowest BCUT2D eigenvalue weighted by Gasteiger charge is -2.11. The second-order valence-electron chi connectivity index (χ2n) is 6.67. The Morgan fingerprint density at radius 3 is 1.78 bits per heavy atom. The summed E-state index contributed by atoms with van der Waals surface area (Å²) in [6.45, 7) is 2.83. The van der Waals surface area contributed by atoms with E-state index in [1.165, 1.54) is 69.1 Å². The number of unbranched alkanes of at least 4 members (excludes halogenated alkanes) is 10. The molecule has 1 rings (SSSR count). The first-order chi connectivity index (χ1) is 11.3. The molecule has 0 unspecified atom stereocenters. The highest BCUT2D eigenvalue weighted by Crippen LogP contribution is 2.13. The summed E-state index contributed by atoms with van der Waals surface area (Å²) in [4.78, 5) is 24.3. The van der Waals surface area contributed by atoms with E-state index in [1.807, 2.05) is 0 Å². The Morgan fingerprint density at radius 2 is 1.22 bits per heavy atom. The van der Waals surface area contributed by atoms with Crippen molar-refractivity contribution in [3.63, 3.8) is 0 Å². The molecule has 0 radical (unpaired) electrons. The lowest BCUT2D eigenvalue weighted by atomic mass is 10.1. The van der Waals surface area contributed by atoms with E-state index < -0.39 is 0 Å². The Morgan fingerprint density at radius 1 is 0.739 bits per heavy atom. The Bertz CT molecular complexity index is 347. The third kappa shape index (κ3) is 9.58. The predicted molar refractivity (Wildman–Crippen MR) is 96.2 cm³/mol. The van der Waals surface area contributed by atoms with Gasteiger partial charge in [-0.15, -0.1) is 0 Å². The van der Waals surface area contributed by atoms with Crippen LogP contribution < -0.4 is 0 Å². The van der Waals surface area contributed by atoms with Crippen molar-refractivity contribution in [2.45, 2.75) is 96.8 Å². The molecular formula is C20H35NO2. The Balaban J connectivity index is 1.84. The first-order valence-corrected chi connectivity index (χ1v) is 9.74. The maximum absolute atomic E-state index is 11.4. The molecule has 0 bridgehead atoms. The minimum Gasteiger partial charge on any atom is -0.282 e. The smallest absolute Gasteiger partial charge is 0.229 e. The Labute approximate surface area is 142 Å². The molecule has 0 atom stereocenters. The van der Waals surface area contributed by atoms with Crippen LogP contribution in [-0.2, 0) is 9.59 Å². The van der Waals surface area contributed by atoms with Gasteiger partial charge >= 0.3 is 0 Å². The second-order valence-corrected chi connectivity index (χ2v) is 6.67. The molecule has 1 heterocycles. The van der Waals surface area contributed by atoms with Gasteiger partial charge in [-0.1, -0.05) is 76.9 Å². The van der Waals surface area contributed by atoms with Crippen LogP contribution >= 0.6 is 0 Å². The number of likely N-dealkylation sites (tertiary alicyclic amines) is 1. The van der Waals surface area contributed by atoms with Crippen LogP contribution in [-0.4, -0.2) is 23.3 Å². The number of carbonyl (C=O) groups is 2. The fourth-order valence-corrected chi connectivity index (χ4v) is 3.06. The molecule has 0 aliphatic carbocycles. The van der Waals surface area contributed by atoms with Crippen LogP contribution in [0.1, 0.15) is 96.8 Å². The average Bonchev–Trinajstić information content (AvgIpc) is 2.86. The molecule has 23 heavy (non-hydrogen) atoms. The van der Waals surface area contributed by atoms with Gasteiger partial charge < -0.3 is 0 Å². The third-order valence-electron chi connectivity index (χ3n) is 4.57. The summed E-state index contributed by atoms with van der Waals surface area (Å²) >= 11 is 0. The highest BCUT2D eigenvalue weighted by Gasteiger charge is 2.27. The Hall–Kier alpha value is -1.12. The van der Waals surface area contributed by atoms with E-state index in [1.54, 1.807) is 0 Å². The van der Waals surface area contributed by atoms with Crippen LogP contribution in [0.5, 0.6) is 0 Å². The van der Waals surface area contributed by atoms with Gasteiger partial charge in [0.05, 0.1) is 0 Å². The van der Waals surface area contributed by atoms with E-state index >= 15 is 0 Å². The molecule has 132 valence electrons. The molecule has 0 spiro atoms. The predicted octanol–water partition coefficient (Wildman–Crippen LogP) is 5.39. The number of imide groups is 1. The standard InChI is InChI=1S/C20H35NO2/c1-2-3-4-5-6-7-8-9-10-11-12-13-14-15-18-21-19(22)16-17-20(21)23/h13-14H,2-12,15-18H2,1H3/b14-13+. The number of rotatable bonds is 14. The number of nitrogens with zero attached hydrogens (tertiary/aromatic N) is 1. The van der Waals surface area contributed by atoms with Crippen molar-refractivity contribution >= 4 is 11.8 Å². The summed E-state index contributed by atoms with van der Waals surface area (Å²) in [5, 5.41) is 0. The quantitative estimate of drug-likeness (QED) is 0.244. The van der Waals surface area contributed by atoms with Crippen molar-refractivity contribution in [3.8, 4) is 0 Å². The van der Waals surface area contributed by atoms with Crippen LogP contribution in [0, 0.1) is 0 Å². The Kier molecular flexibility index (Phi) is 11.5. The van der Waals surface area contributed by atoms with E-state index in [0.717, 1.165) is 12.8 Å². The monoisotopic (exact) mass is 321 g/mol. The highest BCUT2D eigenvalue weighted by molar-refractivity contribution is 6.01. The summed E-state index contributed by atoms with van der Waals surface area (Å²) in [5.74, 6) is -0.00353. The van der Waals surface area contributed by atoms with Crippen molar-refractivity contribution in [1.82, 2.24) is 4.90 Å². The van der Waals surface area contributed by atoms with Gasteiger partial charge in [0.2, 0.25) is 11.8 Å². The lowest BCUT2D eigenvalue weighted by molar-refractivity contribution is -0.138. The molecule has 1 aliphatic rings. The van der Waals surface area contributed by atoms with Crippen LogP contribution in [0.3, 0.4) is 0 Å². The molecule has 2 amide bonds. The van der Waals surface area contributed by atoms with Gasteiger partial charge in [0.25, 0.3) is 0 Å². The van der Waals surface area contributed by atoms with Crippen LogP contribution in [0.15, 0.2) is 12.2 Å². The van der Waals surface area contributed by atoms with Crippen molar-refractivity contribution in [3.05, 3.63) is 12.2 Å². The number of allylic oxidation sites excluding steroid dienone is 1. The first-order valence-electron chi connectivity index (χ1n) is 9.74. The number of hydrogen-bond donors (Lipinski definition) is 0. The minimum absolute atomic E-state index is 0.00176. The number of hydrogen-bond acceptors (Lipinski definition) is 2. The number of carbonyl (C=O) groups excluding carboxylic acids is 2. The molecule has 0 N–H and O–H groups in total. The summed E-state index contributed by atoms with van der Waals surface area (Å²) in [7, 11) is 0. The molecule has 1 aliphatic heterocycles.